The van der Waals surface area contributed by atoms with Gasteiger partial charge >= 0.3 is 0 Å². The van der Waals surface area contributed by atoms with Crippen LogP contribution in [0.2, 0.25) is 0 Å². The Kier molecular flexibility index (Phi) is 4.62. The maximum Gasteiger partial charge on any atom is 0.224 e. The number of hydrogen-bond acceptors (Lipinski definition) is 3. The summed E-state index contributed by atoms with van der Waals surface area (Å²) in [6.45, 7) is 6.35. The van der Waals surface area contributed by atoms with Crippen molar-refractivity contribution in [2.75, 3.05) is 12.4 Å². The number of benzene rings is 1. The van der Waals surface area contributed by atoms with Gasteiger partial charge in [0.15, 0.2) is 0 Å². The van der Waals surface area contributed by atoms with E-state index in [1.54, 1.807) is 7.11 Å². The van der Waals surface area contributed by atoms with Crippen molar-refractivity contribution >= 4 is 11.6 Å². The van der Waals surface area contributed by atoms with Crippen molar-refractivity contribution in [1.29, 1.82) is 0 Å². The number of amides is 1. The summed E-state index contributed by atoms with van der Waals surface area (Å²) in [5.74, 6) is 0.829. The molecule has 2 aromatic rings. The number of anilines is 1. The second-order valence-electron chi connectivity index (χ2n) is 4.96. The molecular weight excluding hydrogens is 266 g/mol. The number of hydrogen-bond donors (Lipinski definition) is 1. The van der Waals surface area contributed by atoms with Crippen LogP contribution in [0.25, 0.3) is 0 Å². The molecule has 0 aliphatic heterocycles. The van der Waals surface area contributed by atoms with Crippen LogP contribution in [0.1, 0.15) is 30.3 Å². The van der Waals surface area contributed by atoms with Gasteiger partial charge in [0.05, 0.1) is 30.7 Å². The highest BCUT2D eigenvalue weighted by molar-refractivity contribution is 5.91. The minimum absolute atomic E-state index is 0.00197. The molecule has 0 bridgehead atoms. The number of rotatable bonds is 5. The van der Waals surface area contributed by atoms with Crippen LogP contribution in [0.4, 0.5) is 5.69 Å². The van der Waals surface area contributed by atoms with Gasteiger partial charge in [-0.3, -0.25) is 9.48 Å². The Bertz CT molecular complexity index is 647. The van der Waals surface area contributed by atoms with E-state index < -0.39 is 0 Å². The molecule has 0 saturated carbocycles. The maximum absolute atomic E-state index is 11.6. The maximum atomic E-state index is 11.6. The van der Waals surface area contributed by atoms with Crippen molar-refractivity contribution in [2.24, 2.45) is 0 Å². The lowest BCUT2D eigenvalue weighted by molar-refractivity contribution is -0.115. The van der Waals surface area contributed by atoms with Crippen LogP contribution in [0.5, 0.6) is 5.75 Å². The van der Waals surface area contributed by atoms with Gasteiger partial charge in [-0.25, -0.2) is 0 Å². The lowest BCUT2D eigenvalue weighted by Crippen LogP contribution is -2.11. The first-order chi connectivity index (χ1) is 10.0. The van der Waals surface area contributed by atoms with Gasteiger partial charge < -0.3 is 10.1 Å². The summed E-state index contributed by atoms with van der Waals surface area (Å²) in [5, 5.41) is 7.42. The second-order valence-corrected chi connectivity index (χ2v) is 4.96. The monoisotopic (exact) mass is 287 g/mol. The van der Waals surface area contributed by atoms with Gasteiger partial charge in [0.25, 0.3) is 0 Å². The van der Waals surface area contributed by atoms with E-state index in [9.17, 15) is 4.79 Å². The fourth-order valence-corrected chi connectivity index (χ4v) is 2.20. The molecular formula is C16H21N3O2. The zero-order chi connectivity index (χ0) is 15.4. The van der Waals surface area contributed by atoms with Crippen LogP contribution in [0.15, 0.2) is 24.3 Å². The Hall–Kier alpha value is -2.30. The van der Waals surface area contributed by atoms with Gasteiger partial charge in [0.1, 0.15) is 5.75 Å². The number of aryl methyl sites for hydroxylation is 1. The Labute approximate surface area is 124 Å². The third-order valence-corrected chi connectivity index (χ3v) is 3.43. The fraction of sp³-hybridized carbons (Fsp3) is 0.375. The summed E-state index contributed by atoms with van der Waals surface area (Å²) in [4.78, 5) is 11.6. The van der Waals surface area contributed by atoms with Crippen LogP contribution in [-0.2, 0) is 11.3 Å². The molecule has 1 aromatic heterocycles. The Morgan fingerprint density at radius 1 is 1.38 bits per heavy atom. The minimum atomic E-state index is 0.00197. The highest BCUT2D eigenvalue weighted by Gasteiger charge is 2.13. The molecule has 1 N–H and O–H groups in total. The summed E-state index contributed by atoms with van der Waals surface area (Å²) in [5.41, 5.74) is 3.70. The molecule has 0 radical (unpaired) electrons. The molecule has 5 heteroatoms. The van der Waals surface area contributed by atoms with E-state index in [1.807, 2.05) is 49.7 Å². The number of ether oxygens (including phenoxy) is 1. The van der Waals surface area contributed by atoms with E-state index in [2.05, 4.69) is 10.4 Å². The molecule has 1 aromatic carbocycles. The Morgan fingerprint density at radius 3 is 2.81 bits per heavy atom. The largest absolute Gasteiger partial charge is 0.497 e. The standard InChI is InChI=1S/C16H21N3O2/c1-5-15(20)17-16-11(2)18-19(12(16)3)10-13-7-6-8-14(9-13)21-4/h6-9H,5,10H2,1-4H3,(H,17,20). The summed E-state index contributed by atoms with van der Waals surface area (Å²) in [7, 11) is 1.65. The molecule has 0 aliphatic rings. The van der Waals surface area contributed by atoms with E-state index in [-0.39, 0.29) is 5.91 Å². The zero-order valence-electron chi connectivity index (χ0n) is 12.9. The number of nitrogens with one attached hydrogen (secondary N) is 1. The molecule has 0 aliphatic carbocycles. The average Bonchev–Trinajstić information content (AvgIpc) is 2.75. The Balaban J connectivity index is 2.24. The summed E-state index contributed by atoms with van der Waals surface area (Å²) in [6.07, 6.45) is 0.458. The van der Waals surface area contributed by atoms with Crippen molar-refractivity contribution in [3.05, 3.63) is 41.2 Å². The van der Waals surface area contributed by atoms with Gasteiger partial charge in [-0.05, 0) is 31.5 Å². The third kappa shape index (κ3) is 3.42. The molecule has 0 atom stereocenters. The molecule has 21 heavy (non-hydrogen) atoms. The molecule has 0 unspecified atom stereocenters. The van der Waals surface area contributed by atoms with Crippen molar-refractivity contribution in [3.63, 3.8) is 0 Å². The zero-order valence-corrected chi connectivity index (χ0v) is 12.9. The number of carbonyl (C=O) groups is 1. The van der Waals surface area contributed by atoms with Crippen LogP contribution in [0.3, 0.4) is 0 Å². The van der Waals surface area contributed by atoms with E-state index in [4.69, 9.17) is 4.74 Å². The quantitative estimate of drug-likeness (QED) is 0.920. The lowest BCUT2D eigenvalue weighted by atomic mass is 10.2. The highest BCUT2D eigenvalue weighted by Crippen LogP contribution is 2.21. The summed E-state index contributed by atoms with van der Waals surface area (Å²) < 4.78 is 7.13. The lowest BCUT2D eigenvalue weighted by Gasteiger charge is -2.08. The molecule has 1 heterocycles. The first kappa shape index (κ1) is 15.1. The topological polar surface area (TPSA) is 56.2 Å². The Morgan fingerprint density at radius 2 is 2.14 bits per heavy atom. The summed E-state index contributed by atoms with van der Waals surface area (Å²) >= 11 is 0. The SMILES string of the molecule is CCC(=O)Nc1c(C)nn(Cc2cccc(OC)c2)c1C. The van der Waals surface area contributed by atoms with Gasteiger partial charge in [0.2, 0.25) is 5.91 Å². The molecule has 0 fully saturated rings. The normalized spacial score (nSPS) is 10.5. The van der Waals surface area contributed by atoms with Gasteiger partial charge in [0, 0.05) is 6.42 Å². The van der Waals surface area contributed by atoms with E-state index in [1.165, 1.54) is 0 Å². The first-order valence-corrected chi connectivity index (χ1v) is 7.02. The van der Waals surface area contributed by atoms with Gasteiger partial charge in [-0.1, -0.05) is 19.1 Å². The smallest absolute Gasteiger partial charge is 0.224 e. The fourth-order valence-electron chi connectivity index (χ4n) is 2.20. The third-order valence-electron chi connectivity index (χ3n) is 3.43. The number of aromatic nitrogens is 2. The number of carbonyl (C=O) groups excluding carboxylic acids is 1. The highest BCUT2D eigenvalue weighted by atomic mass is 16.5. The van der Waals surface area contributed by atoms with Gasteiger partial charge in [-0.2, -0.15) is 5.10 Å². The van der Waals surface area contributed by atoms with Crippen molar-refractivity contribution in [3.8, 4) is 5.75 Å². The van der Waals surface area contributed by atoms with Gasteiger partial charge in [-0.15, -0.1) is 0 Å². The van der Waals surface area contributed by atoms with E-state index in [0.29, 0.717) is 13.0 Å². The van der Waals surface area contributed by atoms with Crippen molar-refractivity contribution in [2.45, 2.75) is 33.7 Å². The van der Waals surface area contributed by atoms with E-state index in [0.717, 1.165) is 28.4 Å². The molecule has 0 saturated heterocycles. The molecule has 112 valence electrons. The van der Waals surface area contributed by atoms with Crippen LogP contribution in [0, 0.1) is 13.8 Å². The molecule has 5 nitrogen and oxygen atoms in total. The van der Waals surface area contributed by atoms with Crippen LogP contribution < -0.4 is 10.1 Å². The van der Waals surface area contributed by atoms with Crippen molar-refractivity contribution in [1.82, 2.24) is 9.78 Å². The second kappa shape index (κ2) is 6.43. The predicted octanol–water partition coefficient (Wildman–Crippen LogP) is 2.91. The van der Waals surface area contributed by atoms with Crippen molar-refractivity contribution < 1.29 is 9.53 Å². The molecule has 0 spiro atoms. The summed E-state index contributed by atoms with van der Waals surface area (Å²) in [6, 6.07) is 7.89. The molecule has 1 amide bonds. The predicted molar refractivity (Wildman–Crippen MR) is 82.7 cm³/mol. The van der Waals surface area contributed by atoms with E-state index >= 15 is 0 Å². The minimum Gasteiger partial charge on any atom is -0.497 e. The first-order valence-electron chi connectivity index (χ1n) is 7.02. The van der Waals surface area contributed by atoms with Crippen LogP contribution in [-0.4, -0.2) is 22.8 Å². The number of nitrogens with zero attached hydrogens (tertiary/aromatic N) is 2. The molecule has 2 rings (SSSR count). The van der Waals surface area contributed by atoms with Crippen LogP contribution >= 0.6 is 0 Å². The number of methoxy groups -OCH3 is 1. The average molecular weight is 287 g/mol.